The van der Waals surface area contributed by atoms with Crippen LogP contribution in [0.3, 0.4) is 0 Å². The number of carbonyl (C=O) groups is 2. The first kappa shape index (κ1) is 33.6. The van der Waals surface area contributed by atoms with Crippen LogP contribution in [0.5, 0.6) is 0 Å². The van der Waals surface area contributed by atoms with Crippen molar-refractivity contribution in [1.29, 1.82) is 5.26 Å². The molecule has 0 aromatic heterocycles. The molecule has 43 heavy (non-hydrogen) atoms. The number of hydrogen-bond acceptors (Lipinski definition) is 5. The largest absolute Gasteiger partial charge is 0.457 e. The molecule has 0 spiro atoms. The number of nitriles is 1. The van der Waals surface area contributed by atoms with Gasteiger partial charge >= 0.3 is 11.9 Å². The monoisotopic (exact) mass is 617 g/mol. The minimum atomic E-state index is -1.38. The van der Waals surface area contributed by atoms with Crippen molar-refractivity contribution in [2.45, 2.75) is 71.0 Å². The molecule has 0 saturated heterocycles. The van der Waals surface area contributed by atoms with Crippen LogP contribution >= 0.6 is 23.2 Å². The molecule has 0 heterocycles. The van der Waals surface area contributed by atoms with E-state index in [2.05, 4.69) is 6.07 Å². The van der Waals surface area contributed by atoms with Crippen LogP contribution in [0.2, 0.25) is 10.0 Å². The molecule has 0 fully saturated rings. The fraction of sp³-hybridized carbons (Fsp3) is 0.306. The molecule has 5 nitrogen and oxygen atoms in total. The van der Waals surface area contributed by atoms with Gasteiger partial charge in [0.1, 0.15) is 11.2 Å². The average molecular weight is 619 g/mol. The molecule has 3 aromatic carbocycles. The van der Waals surface area contributed by atoms with Crippen LogP contribution in [-0.2, 0) is 24.5 Å². The minimum Gasteiger partial charge on any atom is -0.457 e. The number of hydrogen-bond donors (Lipinski definition) is 0. The standard InChI is InChI=1S/C36H37Cl2NO4/c1-34(2,3)42-32(40)27(20-25-14-10-12-18-30(25)37)22-36(24-39,29-16-8-7-9-17-29)23-28(33(41)43-35(4,5)6)21-26-15-11-13-19-31(26)38/h7-21H,22-23H2,1-6H3/b27-20+,28-21+. The Morgan fingerprint density at radius 3 is 1.40 bits per heavy atom. The van der Waals surface area contributed by atoms with Crippen LogP contribution in [0.15, 0.2) is 90.0 Å². The Morgan fingerprint density at radius 1 is 0.674 bits per heavy atom. The van der Waals surface area contributed by atoms with Crippen molar-refractivity contribution in [2.24, 2.45) is 0 Å². The lowest BCUT2D eigenvalue weighted by molar-refractivity contribution is -0.150. The molecule has 3 aromatic rings. The van der Waals surface area contributed by atoms with E-state index in [-0.39, 0.29) is 24.0 Å². The maximum Gasteiger partial charge on any atom is 0.334 e. The molecule has 0 unspecified atom stereocenters. The summed E-state index contributed by atoms with van der Waals surface area (Å²) < 4.78 is 11.6. The second-order valence-corrected chi connectivity index (χ2v) is 13.1. The van der Waals surface area contributed by atoms with Gasteiger partial charge in [0.2, 0.25) is 0 Å². The van der Waals surface area contributed by atoms with Gasteiger partial charge in [-0.25, -0.2) is 9.59 Å². The Morgan fingerprint density at radius 2 is 1.05 bits per heavy atom. The maximum atomic E-state index is 13.7. The van der Waals surface area contributed by atoms with Gasteiger partial charge in [0, 0.05) is 34.0 Å². The van der Waals surface area contributed by atoms with Gasteiger partial charge in [-0.05, 0) is 82.5 Å². The van der Waals surface area contributed by atoms with Crippen LogP contribution in [-0.4, -0.2) is 23.1 Å². The van der Waals surface area contributed by atoms with E-state index in [1.165, 1.54) is 0 Å². The third kappa shape index (κ3) is 9.85. The van der Waals surface area contributed by atoms with Gasteiger partial charge < -0.3 is 9.47 Å². The smallest absolute Gasteiger partial charge is 0.334 e. The Bertz CT molecular complexity index is 1460. The van der Waals surface area contributed by atoms with Crippen molar-refractivity contribution in [2.75, 3.05) is 0 Å². The van der Waals surface area contributed by atoms with Gasteiger partial charge in [0.05, 0.1) is 11.5 Å². The van der Waals surface area contributed by atoms with Crippen LogP contribution in [0.25, 0.3) is 12.2 Å². The highest BCUT2D eigenvalue weighted by Gasteiger charge is 2.39. The van der Waals surface area contributed by atoms with Gasteiger partial charge in [-0.15, -0.1) is 0 Å². The van der Waals surface area contributed by atoms with E-state index in [0.29, 0.717) is 26.7 Å². The summed E-state index contributed by atoms with van der Waals surface area (Å²) in [6.07, 6.45) is 3.15. The van der Waals surface area contributed by atoms with Crippen molar-refractivity contribution < 1.29 is 19.1 Å². The lowest BCUT2D eigenvalue weighted by Crippen LogP contribution is -2.33. The van der Waals surface area contributed by atoms with Gasteiger partial charge in [-0.3, -0.25) is 0 Å². The molecule has 0 amide bonds. The second kappa shape index (κ2) is 14.1. The number of ether oxygens (including phenoxy) is 2. The summed E-state index contributed by atoms with van der Waals surface area (Å²) >= 11 is 13.0. The van der Waals surface area contributed by atoms with Gasteiger partial charge in [-0.2, -0.15) is 5.26 Å². The van der Waals surface area contributed by atoms with Crippen molar-refractivity contribution in [1.82, 2.24) is 0 Å². The first-order valence-electron chi connectivity index (χ1n) is 14.0. The summed E-state index contributed by atoms with van der Waals surface area (Å²) in [5.74, 6) is -1.17. The third-order valence-electron chi connectivity index (χ3n) is 6.32. The molecule has 0 aliphatic heterocycles. The minimum absolute atomic E-state index is 0.0731. The van der Waals surface area contributed by atoms with Crippen LogP contribution in [0.1, 0.15) is 71.1 Å². The molecular formula is C36H37Cl2NO4. The van der Waals surface area contributed by atoms with Crippen LogP contribution < -0.4 is 0 Å². The number of benzene rings is 3. The maximum absolute atomic E-state index is 13.7. The first-order valence-corrected chi connectivity index (χ1v) is 14.7. The summed E-state index contributed by atoms with van der Waals surface area (Å²) in [5.41, 5.74) is -0.666. The summed E-state index contributed by atoms with van der Waals surface area (Å²) in [5, 5.41) is 11.8. The van der Waals surface area contributed by atoms with E-state index >= 15 is 0 Å². The van der Waals surface area contributed by atoms with Crippen molar-refractivity contribution in [3.63, 3.8) is 0 Å². The number of halogens is 2. The number of esters is 2. The van der Waals surface area contributed by atoms with Crippen LogP contribution in [0, 0.1) is 11.3 Å². The summed E-state index contributed by atoms with van der Waals surface area (Å²) in [4.78, 5) is 27.4. The van der Waals surface area contributed by atoms with Crippen molar-refractivity contribution in [3.05, 3.63) is 117 Å². The Hall–Kier alpha value is -3.85. The highest BCUT2D eigenvalue weighted by atomic mass is 35.5. The summed E-state index contributed by atoms with van der Waals surface area (Å²) in [6, 6.07) is 25.8. The Kier molecular flexibility index (Phi) is 11.0. The van der Waals surface area contributed by atoms with E-state index in [4.69, 9.17) is 32.7 Å². The zero-order chi connectivity index (χ0) is 31.8. The molecule has 0 saturated carbocycles. The van der Waals surface area contributed by atoms with Gasteiger partial charge in [0.25, 0.3) is 0 Å². The highest BCUT2D eigenvalue weighted by Crippen LogP contribution is 2.40. The van der Waals surface area contributed by atoms with Crippen LogP contribution in [0.4, 0.5) is 0 Å². The molecule has 3 rings (SSSR count). The Labute approximate surface area is 264 Å². The van der Waals surface area contributed by atoms with E-state index in [0.717, 1.165) is 0 Å². The molecule has 7 heteroatoms. The molecule has 0 aliphatic rings. The molecule has 0 radical (unpaired) electrons. The second-order valence-electron chi connectivity index (χ2n) is 12.3. The predicted molar refractivity (Wildman–Crippen MR) is 174 cm³/mol. The fourth-order valence-electron chi connectivity index (χ4n) is 4.43. The average Bonchev–Trinajstić information content (AvgIpc) is 2.92. The predicted octanol–water partition coefficient (Wildman–Crippen LogP) is 9.39. The highest BCUT2D eigenvalue weighted by molar-refractivity contribution is 6.32. The van der Waals surface area contributed by atoms with Gasteiger partial charge in [0.15, 0.2) is 0 Å². The topological polar surface area (TPSA) is 76.4 Å². The summed E-state index contributed by atoms with van der Waals surface area (Å²) in [7, 11) is 0. The summed E-state index contributed by atoms with van der Waals surface area (Å²) in [6.45, 7) is 10.7. The first-order chi connectivity index (χ1) is 20.1. The zero-order valence-electron chi connectivity index (χ0n) is 25.4. The fourth-order valence-corrected chi connectivity index (χ4v) is 4.81. The van der Waals surface area contributed by atoms with E-state index in [1.54, 1.807) is 90.1 Å². The zero-order valence-corrected chi connectivity index (χ0v) is 26.9. The molecule has 0 bridgehead atoms. The SMILES string of the molecule is CC(C)(C)OC(=O)/C(=C/c1ccccc1Cl)CC(C#N)(C/C(=C\c1ccccc1Cl)C(=O)OC(C)(C)C)c1ccccc1. The number of nitrogens with zero attached hydrogens (tertiary/aromatic N) is 1. The number of rotatable bonds is 9. The third-order valence-corrected chi connectivity index (χ3v) is 7.01. The van der Waals surface area contributed by atoms with Crippen molar-refractivity contribution in [3.8, 4) is 6.07 Å². The lowest BCUT2D eigenvalue weighted by atomic mass is 9.71. The van der Waals surface area contributed by atoms with E-state index in [9.17, 15) is 14.9 Å². The van der Waals surface area contributed by atoms with Gasteiger partial charge in [-0.1, -0.05) is 89.9 Å². The molecule has 0 aliphatic carbocycles. The molecular weight excluding hydrogens is 581 g/mol. The Balaban J connectivity index is 2.25. The van der Waals surface area contributed by atoms with E-state index in [1.807, 2.05) is 42.5 Å². The van der Waals surface area contributed by atoms with Crippen molar-refractivity contribution >= 4 is 47.3 Å². The lowest BCUT2D eigenvalue weighted by Gasteiger charge is -2.31. The number of carbonyl (C=O) groups excluding carboxylic acids is 2. The molecule has 0 N–H and O–H groups in total. The molecule has 224 valence electrons. The quantitative estimate of drug-likeness (QED) is 0.176. The normalized spacial score (nSPS) is 13.9. The van der Waals surface area contributed by atoms with E-state index < -0.39 is 28.6 Å². The molecule has 0 atom stereocenters.